The molecule has 3 heteroatoms. The van der Waals surface area contributed by atoms with E-state index in [-0.39, 0.29) is 12.6 Å². The Morgan fingerprint density at radius 3 is 2.62 bits per heavy atom. The molecule has 0 radical (unpaired) electrons. The molecule has 0 saturated heterocycles. The van der Waals surface area contributed by atoms with Gasteiger partial charge in [0.05, 0.1) is 12.6 Å². The molecule has 13 heavy (non-hydrogen) atoms. The zero-order valence-electron chi connectivity index (χ0n) is 8.49. The van der Waals surface area contributed by atoms with Crippen molar-refractivity contribution in [3.63, 3.8) is 0 Å². The number of methoxy groups -OCH3 is 1. The molecule has 0 aliphatic heterocycles. The van der Waals surface area contributed by atoms with Crippen molar-refractivity contribution in [2.45, 2.75) is 19.4 Å². The monoisotopic (exact) mass is 185 g/mol. The van der Waals surface area contributed by atoms with E-state index in [0.29, 0.717) is 12.5 Å². The van der Waals surface area contributed by atoms with Gasteiger partial charge in [0.2, 0.25) is 0 Å². The van der Waals surface area contributed by atoms with Crippen molar-refractivity contribution >= 4 is 6.72 Å². The number of nitrogens with zero attached hydrogens (tertiary/aromatic N) is 1. The lowest BCUT2D eigenvalue weighted by Crippen LogP contribution is -2.21. The second-order valence-electron chi connectivity index (χ2n) is 3.20. The van der Waals surface area contributed by atoms with E-state index in [4.69, 9.17) is 9.84 Å². The van der Waals surface area contributed by atoms with Crippen LogP contribution in [0.1, 0.15) is 13.3 Å². The number of ether oxygens (including phenoxy) is 1. The molecule has 0 saturated carbocycles. The van der Waals surface area contributed by atoms with E-state index < -0.39 is 0 Å². The van der Waals surface area contributed by atoms with Crippen LogP contribution in [0.2, 0.25) is 0 Å². The highest BCUT2D eigenvalue weighted by molar-refractivity contribution is 5.27. The Balaban J connectivity index is 4.06. The fraction of sp³-hybridized carbons (Fsp3) is 0.700. The van der Waals surface area contributed by atoms with Crippen LogP contribution in [0, 0.1) is 5.92 Å². The fourth-order valence-corrected chi connectivity index (χ4v) is 1.27. The van der Waals surface area contributed by atoms with E-state index in [0.717, 1.165) is 12.0 Å². The topological polar surface area (TPSA) is 41.8 Å². The SMILES string of the molecule is C=NC(C(=C)CO)C(C)CCOC. The Morgan fingerprint density at radius 1 is 1.62 bits per heavy atom. The predicted octanol–water partition coefficient (Wildman–Crippen LogP) is 1.28. The van der Waals surface area contributed by atoms with Crippen LogP contribution in [0.5, 0.6) is 0 Å². The van der Waals surface area contributed by atoms with Gasteiger partial charge in [-0.2, -0.15) is 0 Å². The third-order valence-electron chi connectivity index (χ3n) is 2.13. The molecule has 0 aromatic rings. The highest BCUT2D eigenvalue weighted by Crippen LogP contribution is 2.17. The van der Waals surface area contributed by atoms with E-state index in [2.05, 4.69) is 25.2 Å². The summed E-state index contributed by atoms with van der Waals surface area (Å²) in [6, 6.07) is -0.0554. The van der Waals surface area contributed by atoms with Gasteiger partial charge < -0.3 is 9.84 Å². The number of aliphatic hydroxyl groups is 1. The third kappa shape index (κ3) is 4.20. The van der Waals surface area contributed by atoms with E-state index in [9.17, 15) is 0 Å². The van der Waals surface area contributed by atoms with Crippen LogP contribution in [0.15, 0.2) is 17.1 Å². The first-order valence-corrected chi connectivity index (χ1v) is 4.40. The average Bonchev–Trinajstić information content (AvgIpc) is 2.15. The summed E-state index contributed by atoms with van der Waals surface area (Å²) in [6.45, 7) is 9.97. The Morgan fingerprint density at radius 2 is 2.23 bits per heavy atom. The molecule has 0 aromatic carbocycles. The van der Waals surface area contributed by atoms with Crippen molar-refractivity contribution in [2.24, 2.45) is 10.9 Å². The molecular weight excluding hydrogens is 166 g/mol. The lowest BCUT2D eigenvalue weighted by molar-refractivity contribution is 0.175. The minimum atomic E-state index is -0.0554. The summed E-state index contributed by atoms with van der Waals surface area (Å²) < 4.78 is 4.97. The van der Waals surface area contributed by atoms with Crippen molar-refractivity contribution in [2.75, 3.05) is 20.3 Å². The number of rotatable bonds is 7. The highest BCUT2D eigenvalue weighted by Gasteiger charge is 2.17. The molecule has 0 aliphatic rings. The van der Waals surface area contributed by atoms with Crippen molar-refractivity contribution < 1.29 is 9.84 Å². The van der Waals surface area contributed by atoms with Gasteiger partial charge in [-0.1, -0.05) is 13.5 Å². The quantitative estimate of drug-likeness (QED) is 0.479. The van der Waals surface area contributed by atoms with E-state index >= 15 is 0 Å². The molecule has 3 nitrogen and oxygen atoms in total. The Hall–Kier alpha value is -0.670. The van der Waals surface area contributed by atoms with Gasteiger partial charge in [-0.05, 0) is 24.6 Å². The van der Waals surface area contributed by atoms with Crippen molar-refractivity contribution in [3.8, 4) is 0 Å². The average molecular weight is 185 g/mol. The molecule has 1 N–H and O–H groups in total. The van der Waals surface area contributed by atoms with Crippen LogP contribution < -0.4 is 0 Å². The van der Waals surface area contributed by atoms with Gasteiger partial charge in [0.25, 0.3) is 0 Å². The second kappa shape index (κ2) is 6.80. The second-order valence-corrected chi connectivity index (χ2v) is 3.20. The molecule has 0 heterocycles. The molecule has 0 rings (SSSR count). The van der Waals surface area contributed by atoms with Crippen molar-refractivity contribution in [3.05, 3.63) is 12.2 Å². The smallest absolute Gasteiger partial charge is 0.0747 e. The molecule has 0 bridgehead atoms. The minimum Gasteiger partial charge on any atom is -0.392 e. The van der Waals surface area contributed by atoms with Crippen molar-refractivity contribution in [1.82, 2.24) is 0 Å². The maximum atomic E-state index is 8.89. The van der Waals surface area contributed by atoms with Crippen LogP contribution in [0.4, 0.5) is 0 Å². The van der Waals surface area contributed by atoms with Crippen LogP contribution in [0.3, 0.4) is 0 Å². The van der Waals surface area contributed by atoms with E-state index in [1.807, 2.05) is 0 Å². The first-order valence-electron chi connectivity index (χ1n) is 4.40. The first-order chi connectivity index (χ1) is 6.17. The molecule has 76 valence electrons. The summed E-state index contributed by atoms with van der Waals surface area (Å²) in [7, 11) is 1.67. The zero-order chi connectivity index (χ0) is 10.3. The molecule has 2 unspecified atom stereocenters. The summed E-state index contributed by atoms with van der Waals surface area (Å²) >= 11 is 0. The largest absolute Gasteiger partial charge is 0.392 e. The van der Waals surface area contributed by atoms with E-state index in [1.165, 1.54) is 0 Å². The molecule has 0 fully saturated rings. The fourth-order valence-electron chi connectivity index (χ4n) is 1.27. The lowest BCUT2D eigenvalue weighted by Gasteiger charge is -2.20. The molecule has 0 aliphatic carbocycles. The van der Waals surface area contributed by atoms with Crippen molar-refractivity contribution in [1.29, 1.82) is 0 Å². The number of hydrogen-bond acceptors (Lipinski definition) is 3. The third-order valence-corrected chi connectivity index (χ3v) is 2.13. The van der Waals surface area contributed by atoms with Gasteiger partial charge in [-0.15, -0.1) is 0 Å². The molecular formula is C10H19NO2. The van der Waals surface area contributed by atoms with Crippen LogP contribution in [0.25, 0.3) is 0 Å². The van der Waals surface area contributed by atoms with Crippen LogP contribution >= 0.6 is 0 Å². The highest BCUT2D eigenvalue weighted by atomic mass is 16.5. The van der Waals surface area contributed by atoms with Crippen LogP contribution in [-0.4, -0.2) is 38.2 Å². The summed E-state index contributed by atoms with van der Waals surface area (Å²) in [5, 5.41) is 8.89. The minimum absolute atomic E-state index is 0.0268. The molecule has 0 spiro atoms. The van der Waals surface area contributed by atoms with Gasteiger partial charge in [-0.3, -0.25) is 4.99 Å². The summed E-state index contributed by atoms with van der Waals surface area (Å²) in [5.74, 6) is 0.317. The molecule has 0 aromatic heterocycles. The standard InChI is InChI=1S/C10H19NO2/c1-8(5-6-13-4)10(11-3)9(2)7-12/h8,10,12H,2-3,5-7H2,1,4H3. The summed E-state index contributed by atoms with van der Waals surface area (Å²) in [4.78, 5) is 3.95. The van der Waals surface area contributed by atoms with Gasteiger partial charge >= 0.3 is 0 Å². The zero-order valence-corrected chi connectivity index (χ0v) is 8.49. The first kappa shape index (κ1) is 12.3. The van der Waals surface area contributed by atoms with Gasteiger partial charge in [-0.25, -0.2) is 0 Å². The maximum Gasteiger partial charge on any atom is 0.0747 e. The predicted molar refractivity (Wildman–Crippen MR) is 55.2 cm³/mol. The molecule has 0 amide bonds. The van der Waals surface area contributed by atoms with Gasteiger partial charge in [0, 0.05) is 13.7 Å². The lowest BCUT2D eigenvalue weighted by atomic mass is 9.94. The Kier molecular flexibility index (Phi) is 6.45. The molecule has 2 atom stereocenters. The Labute approximate surface area is 80.1 Å². The maximum absolute atomic E-state index is 8.89. The van der Waals surface area contributed by atoms with Gasteiger partial charge in [0.1, 0.15) is 0 Å². The van der Waals surface area contributed by atoms with Crippen LogP contribution in [-0.2, 0) is 4.74 Å². The van der Waals surface area contributed by atoms with Gasteiger partial charge in [0.15, 0.2) is 0 Å². The number of hydrogen-bond donors (Lipinski definition) is 1. The summed E-state index contributed by atoms with van der Waals surface area (Å²) in [6.07, 6.45) is 0.902. The Bertz CT molecular complexity index is 168. The number of aliphatic imine (C=N–C) groups is 1. The number of aliphatic hydroxyl groups excluding tert-OH is 1. The van der Waals surface area contributed by atoms with E-state index in [1.54, 1.807) is 7.11 Å². The normalized spacial score (nSPS) is 15.0. The summed E-state index contributed by atoms with van der Waals surface area (Å²) in [5.41, 5.74) is 0.721.